The molecule has 132 heavy (non-hydrogen) atoms. The van der Waals surface area contributed by atoms with Gasteiger partial charge in [-0.3, -0.25) is 86.3 Å². The predicted octanol–water partition coefficient (Wildman–Crippen LogP) is -1.69. The number of phenolic OH excluding ortho intramolecular Hbond substituents is 1. The highest BCUT2D eigenvalue weighted by Crippen LogP contribution is 2.28. The molecular formula is C89H121N21O21S. The van der Waals surface area contributed by atoms with Gasteiger partial charge in [-0.15, -0.1) is 11.8 Å². The number of carboxylic acids is 1. The molecule has 3 aliphatic heterocycles. The van der Waals surface area contributed by atoms with Crippen LogP contribution in [0, 0.1) is 5.92 Å². The van der Waals surface area contributed by atoms with E-state index in [9.17, 15) is 72.9 Å². The molecule has 14 atom stereocenters. The molecule has 6 aromatic rings. The number of carbonyl (C=O) groups is 18. The van der Waals surface area contributed by atoms with E-state index in [1.807, 2.05) is 13.8 Å². The van der Waals surface area contributed by atoms with Crippen LogP contribution in [-0.4, -0.2) is 310 Å². The van der Waals surface area contributed by atoms with Gasteiger partial charge < -0.3 is 119 Å². The third-order valence-electron chi connectivity index (χ3n) is 23.6. The number of hydrogen-bond donors (Lipinski definition) is 18. The largest absolute Gasteiger partial charge is 0.508 e. The van der Waals surface area contributed by atoms with Gasteiger partial charge in [-0.1, -0.05) is 102 Å². The molecule has 0 aliphatic carbocycles. The van der Waals surface area contributed by atoms with Crippen LogP contribution in [0.3, 0.4) is 0 Å². The van der Waals surface area contributed by atoms with Crippen LogP contribution in [0.15, 0.2) is 97.7 Å². The van der Waals surface area contributed by atoms with Crippen molar-refractivity contribution in [3.8, 4) is 5.75 Å². The van der Waals surface area contributed by atoms with Crippen LogP contribution in [-0.2, 0) is 112 Å². The fourth-order valence-corrected chi connectivity index (χ4v) is 17.2. The zero-order chi connectivity index (χ0) is 96.3. The molecule has 3 saturated heterocycles. The molecule has 0 bridgehead atoms. The first-order chi connectivity index (χ1) is 62.8. The number of carboxylic acid groups (broad SMARTS) is 1. The van der Waals surface area contributed by atoms with Crippen molar-refractivity contribution in [3.05, 3.63) is 120 Å². The normalized spacial score (nSPS) is 24.5. The van der Waals surface area contributed by atoms with E-state index in [1.54, 1.807) is 74.8 Å². The molecular weight excluding hydrogens is 1730 g/mol. The summed E-state index contributed by atoms with van der Waals surface area (Å²) >= 11 is 0.762. The van der Waals surface area contributed by atoms with Crippen LogP contribution in [0.5, 0.6) is 5.75 Å². The maximum absolute atomic E-state index is 15.6. The number of imidazole rings is 1. The number of hydrogen-bond acceptors (Lipinski definition) is 22. The first kappa shape index (κ1) is 102. The van der Waals surface area contributed by atoms with E-state index in [1.165, 1.54) is 74.7 Å². The number of rotatable bonds is 24. The van der Waals surface area contributed by atoms with Gasteiger partial charge in [0.2, 0.25) is 100 Å². The number of likely N-dealkylation sites (N-methyl/N-ethyl adjacent to an activating group) is 3. The SMILES string of the molecule is CCCC[C@H]1C(=O)N(C)[C@@H](CCCC)C(=O)N[C@@H](CC(C)C)C(=O)N[C@H](C(=O)NCC(=O)O)CSCC(=O)N[C@@H](Cc2ccc(O)cc2)C(=O)N(C)[C@@H](C)C(=O)N[C@H](CC(N)=O)C(=O)N2CCC[C@H]2C(=O)N[C@@H](Cc2c[nH]cn2)C(=O)N[C@@H](CCC(N)=O)C(=O)N2C[C@H](O)C[C@H]2C(=O)N[C@@H](Cc2c[nH]c3ccccc23)C(=O)NCC(=O)N[C@@H](Cc2c[nH]c3ccccc23)C(=O)N1C. The van der Waals surface area contributed by atoms with Crippen molar-refractivity contribution in [2.75, 3.05) is 58.8 Å². The van der Waals surface area contributed by atoms with Gasteiger partial charge in [0.15, 0.2) is 0 Å². The molecule has 42 nitrogen and oxygen atoms in total. The molecule has 714 valence electrons. The fourth-order valence-electron chi connectivity index (χ4n) is 16.3. The monoisotopic (exact) mass is 1850 g/mol. The molecule has 20 N–H and O–H groups in total. The Balaban J connectivity index is 1.08. The van der Waals surface area contributed by atoms with Gasteiger partial charge in [0, 0.05) is 119 Å². The Labute approximate surface area is 766 Å². The molecule has 3 aromatic carbocycles. The van der Waals surface area contributed by atoms with Crippen LogP contribution in [0.1, 0.15) is 140 Å². The zero-order valence-corrected chi connectivity index (χ0v) is 75.9. The van der Waals surface area contributed by atoms with Gasteiger partial charge in [0.05, 0.1) is 36.8 Å². The summed E-state index contributed by atoms with van der Waals surface area (Å²) in [5.74, 6) is -18.9. The smallest absolute Gasteiger partial charge is 0.322 e. The summed E-state index contributed by atoms with van der Waals surface area (Å²) in [6.45, 7) is 6.04. The van der Waals surface area contributed by atoms with Gasteiger partial charge in [-0.25, -0.2) is 4.98 Å². The number of amides is 17. The quantitative estimate of drug-likeness (QED) is 0.0321. The average Bonchev–Trinajstić information content (AvgIpc) is 1.54. The number of H-pyrrole nitrogens is 3. The summed E-state index contributed by atoms with van der Waals surface area (Å²) in [5, 5.41) is 58.7. The van der Waals surface area contributed by atoms with Crippen molar-refractivity contribution in [2.24, 2.45) is 17.4 Å². The van der Waals surface area contributed by atoms with Crippen molar-refractivity contribution < 1.29 is 102 Å². The summed E-state index contributed by atoms with van der Waals surface area (Å²) in [7, 11) is 3.96. The molecule has 9 rings (SSSR count). The number of thioether (sulfide) groups is 1. The van der Waals surface area contributed by atoms with E-state index >= 15 is 28.8 Å². The first-order valence-electron chi connectivity index (χ1n) is 44.1. The highest BCUT2D eigenvalue weighted by molar-refractivity contribution is 8.00. The molecule has 3 aliphatic rings. The number of aliphatic hydroxyl groups is 1. The molecule has 0 spiro atoms. The van der Waals surface area contributed by atoms with E-state index in [-0.39, 0.29) is 75.3 Å². The molecule has 0 radical (unpaired) electrons. The number of aromatic amines is 3. The van der Waals surface area contributed by atoms with E-state index < -0.39 is 254 Å². The molecule has 0 saturated carbocycles. The van der Waals surface area contributed by atoms with Crippen molar-refractivity contribution >= 4 is 140 Å². The van der Waals surface area contributed by atoms with Crippen LogP contribution >= 0.6 is 11.8 Å². The van der Waals surface area contributed by atoms with Gasteiger partial charge in [-0.2, -0.15) is 0 Å². The maximum Gasteiger partial charge on any atom is 0.322 e. The third kappa shape index (κ3) is 28.3. The molecule has 3 fully saturated rings. The number of unbranched alkanes of at least 4 members (excludes halogenated alkanes) is 2. The number of aromatic hydroxyl groups is 1. The summed E-state index contributed by atoms with van der Waals surface area (Å²) in [5.41, 5.74) is 14.3. The van der Waals surface area contributed by atoms with E-state index in [0.717, 1.165) is 26.5 Å². The number of aliphatic hydroxyl groups excluding tert-OH is 1. The van der Waals surface area contributed by atoms with Crippen molar-refractivity contribution in [1.29, 1.82) is 0 Å². The second kappa shape index (κ2) is 48.4. The Bertz CT molecular complexity index is 5140. The second-order valence-corrected chi connectivity index (χ2v) is 35.0. The number of phenols is 1. The predicted molar refractivity (Wildman–Crippen MR) is 481 cm³/mol. The number of primary amides is 2. The first-order valence-corrected chi connectivity index (χ1v) is 45.3. The Hall–Kier alpha value is -13.5. The van der Waals surface area contributed by atoms with Crippen molar-refractivity contribution in [2.45, 2.75) is 228 Å². The Morgan fingerprint density at radius 1 is 0.561 bits per heavy atom. The Morgan fingerprint density at radius 3 is 1.72 bits per heavy atom. The molecule has 43 heteroatoms. The molecule has 0 unspecified atom stereocenters. The Kier molecular flexibility index (Phi) is 37.5. The number of benzene rings is 3. The zero-order valence-electron chi connectivity index (χ0n) is 75.1. The molecule has 6 heterocycles. The number of nitrogens with two attached hydrogens (primary N) is 2. The highest BCUT2D eigenvalue weighted by atomic mass is 32.2. The van der Waals surface area contributed by atoms with Crippen molar-refractivity contribution in [3.63, 3.8) is 0 Å². The highest BCUT2D eigenvalue weighted by Gasteiger charge is 2.46. The van der Waals surface area contributed by atoms with Crippen LogP contribution < -0.4 is 64.6 Å². The summed E-state index contributed by atoms with van der Waals surface area (Å²) in [6.07, 6.45) is 2.93. The minimum absolute atomic E-state index is 0.0299. The third-order valence-corrected chi connectivity index (χ3v) is 24.6. The lowest BCUT2D eigenvalue weighted by Crippen LogP contribution is -2.60. The number of aromatic nitrogens is 4. The number of fused-ring (bicyclic) bond motifs is 4. The lowest BCUT2D eigenvalue weighted by Gasteiger charge is -2.36. The minimum atomic E-state index is -1.80. The van der Waals surface area contributed by atoms with Crippen LogP contribution in [0.25, 0.3) is 21.8 Å². The lowest BCUT2D eigenvalue weighted by molar-refractivity contribution is -0.149. The number of carbonyl (C=O) groups excluding carboxylic acids is 17. The van der Waals surface area contributed by atoms with Crippen molar-refractivity contribution in [1.82, 2.24) is 97.6 Å². The lowest BCUT2D eigenvalue weighted by atomic mass is 9.99. The van der Waals surface area contributed by atoms with Gasteiger partial charge >= 0.3 is 5.97 Å². The average molecular weight is 1850 g/mol. The minimum Gasteiger partial charge on any atom is -0.508 e. The number of para-hydroxylation sites is 2. The topological polar surface area (TPSA) is 617 Å². The van der Waals surface area contributed by atoms with Gasteiger partial charge in [0.1, 0.15) is 90.8 Å². The van der Waals surface area contributed by atoms with E-state index in [2.05, 4.69) is 73.1 Å². The number of nitrogens with one attached hydrogen (secondary N) is 13. The number of nitrogens with zero attached hydrogens (tertiary/aromatic N) is 6. The molecule has 17 amide bonds. The van der Waals surface area contributed by atoms with Crippen LogP contribution in [0.4, 0.5) is 0 Å². The summed E-state index contributed by atoms with van der Waals surface area (Å²) in [6, 6.07) is -0.326. The number of aliphatic carboxylic acids is 1. The van der Waals surface area contributed by atoms with E-state index in [0.29, 0.717) is 64.2 Å². The maximum atomic E-state index is 15.6. The standard InChI is InChI=1S/C89H121N21O21S/c1-9-11-22-68-82(124)101-61(32-48(3)4)80(122)105-67(79(121)96-43-76(117)118)45-132-46-75(116)99-64(33-50-25-27-54(111)28-26-50)85(127)106(6)49(5)77(119)104-66(38-73(91)114)88(130)109-31-17-24-69(109)83(125)103-63(36-53-41-92-47-97-53)81(123)100-60(29-30-72(90)113)87(129)110-44-55(112)37-71(110)84(126)102-62(34-51-39-93-58-20-15-13-18-56(51)58)78(120)95-42-74(115)98-65(35-52-40-94-59-21-16-14-19-57(52)59)86(128)108(8)70(23-12-10-2)89(131)107(68)7/h13-16,18-21,25-28,39-41,47-49,55,60-71,93-94,111-112H,9-12,17,22-24,29-38,42-46H2,1-8H3,(H2,90,113)(H2,91,114)(H,92,97)(H,95,120)(H,96,121)(H,98,115)(H,99,116)(H,100,123)(H,101,124)(H,102,126)(H,103,125)(H,104,119)(H,105,122)(H,117,118)/t49-,55+,60-,61-,62-,63-,64-,65-,66+,67-,68-,69-,70-,71-/m0/s1. The summed E-state index contributed by atoms with van der Waals surface area (Å²) in [4.78, 5) is 279. The van der Waals surface area contributed by atoms with Gasteiger partial charge in [0.25, 0.3) is 0 Å². The van der Waals surface area contributed by atoms with Gasteiger partial charge in [-0.05, 0) is 92.3 Å². The second-order valence-electron chi connectivity index (χ2n) is 33.9. The molecule has 3 aromatic heterocycles. The van der Waals surface area contributed by atoms with Crippen LogP contribution in [0.2, 0.25) is 0 Å². The van der Waals surface area contributed by atoms with E-state index in [4.69, 9.17) is 11.5 Å². The fraction of sp³-hybridized carbons (Fsp3) is 0.517. The summed E-state index contributed by atoms with van der Waals surface area (Å²) < 4.78 is 0. The Morgan fingerprint density at radius 2 is 1.11 bits per heavy atom.